The van der Waals surface area contributed by atoms with E-state index < -0.39 is 0 Å². The molecular weight excluding hydrogens is 238 g/mol. The van der Waals surface area contributed by atoms with Gasteiger partial charge in [-0.15, -0.1) is 0 Å². The average Bonchev–Trinajstić information content (AvgIpc) is 2.22. The minimum Gasteiger partial charge on any atom is -0.460 e. The number of rotatable bonds is 3. The van der Waals surface area contributed by atoms with Crippen LogP contribution >= 0.6 is 0 Å². The van der Waals surface area contributed by atoms with Gasteiger partial charge in [0.05, 0.1) is 5.92 Å². The normalized spacial score (nSPS) is 17.1. The third-order valence-electron chi connectivity index (χ3n) is 3.22. The van der Waals surface area contributed by atoms with E-state index in [0.717, 1.165) is 19.6 Å². The third kappa shape index (κ3) is 4.06. The summed E-state index contributed by atoms with van der Waals surface area (Å²) in [6.07, 6.45) is 0. The molecule has 0 N–H and O–H groups in total. The van der Waals surface area contributed by atoms with E-state index in [1.807, 2.05) is 20.8 Å². The van der Waals surface area contributed by atoms with Crippen molar-refractivity contribution in [3.8, 4) is 0 Å². The summed E-state index contributed by atoms with van der Waals surface area (Å²) in [5, 5.41) is 0. The molecule has 0 spiro atoms. The molecule has 3 nitrogen and oxygen atoms in total. The third-order valence-corrected chi connectivity index (χ3v) is 3.22. The Morgan fingerprint density at radius 2 is 1.84 bits per heavy atom. The predicted molar refractivity (Wildman–Crippen MR) is 75.8 cm³/mol. The second-order valence-corrected chi connectivity index (χ2v) is 6.41. The molecule has 0 amide bonds. The molecular formula is C16H23NO2. The molecule has 1 saturated heterocycles. The van der Waals surface area contributed by atoms with Gasteiger partial charge in [0, 0.05) is 19.6 Å². The van der Waals surface area contributed by atoms with Crippen LogP contribution in [0, 0.1) is 12.8 Å². The van der Waals surface area contributed by atoms with Crippen molar-refractivity contribution in [1.29, 1.82) is 0 Å². The van der Waals surface area contributed by atoms with Crippen molar-refractivity contribution in [3.05, 3.63) is 35.4 Å². The summed E-state index contributed by atoms with van der Waals surface area (Å²) >= 11 is 0. The van der Waals surface area contributed by atoms with Crippen LogP contribution in [-0.4, -0.2) is 29.6 Å². The van der Waals surface area contributed by atoms with Crippen molar-refractivity contribution < 1.29 is 9.53 Å². The number of esters is 1. The molecule has 1 aliphatic heterocycles. The number of aryl methyl sites for hydroxylation is 1. The number of likely N-dealkylation sites (tertiary alicyclic amines) is 1. The van der Waals surface area contributed by atoms with Gasteiger partial charge in [0.1, 0.15) is 5.60 Å². The number of hydrogen-bond acceptors (Lipinski definition) is 3. The number of ether oxygens (including phenoxy) is 1. The number of hydrogen-bond donors (Lipinski definition) is 0. The lowest BCUT2D eigenvalue weighted by atomic mass is 9.99. The van der Waals surface area contributed by atoms with Gasteiger partial charge in [0.25, 0.3) is 0 Å². The van der Waals surface area contributed by atoms with Crippen LogP contribution in [0.1, 0.15) is 31.9 Å². The molecule has 0 radical (unpaired) electrons. The summed E-state index contributed by atoms with van der Waals surface area (Å²) < 4.78 is 5.39. The van der Waals surface area contributed by atoms with E-state index in [-0.39, 0.29) is 17.5 Å². The first kappa shape index (κ1) is 14.1. The summed E-state index contributed by atoms with van der Waals surface area (Å²) in [6.45, 7) is 10.4. The quantitative estimate of drug-likeness (QED) is 0.784. The molecule has 3 heteroatoms. The molecule has 104 valence electrons. The highest BCUT2D eigenvalue weighted by Crippen LogP contribution is 2.22. The van der Waals surface area contributed by atoms with Crippen LogP contribution in [0.3, 0.4) is 0 Å². The lowest BCUT2D eigenvalue weighted by Gasteiger charge is -2.38. The highest BCUT2D eigenvalue weighted by atomic mass is 16.6. The zero-order valence-electron chi connectivity index (χ0n) is 12.3. The molecule has 1 fully saturated rings. The van der Waals surface area contributed by atoms with Crippen molar-refractivity contribution in [3.63, 3.8) is 0 Å². The summed E-state index contributed by atoms with van der Waals surface area (Å²) in [5.41, 5.74) is 2.20. The van der Waals surface area contributed by atoms with Gasteiger partial charge < -0.3 is 4.74 Å². The fourth-order valence-corrected chi connectivity index (χ4v) is 2.18. The number of carbonyl (C=O) groups is 1. The summed E-state index contributed by atoms with van der Waals surface area (Å²) in [5.74, 6) is -0.0164. The maximum atomic E-state index is 11.8. The van der Waals surface area contributed by atoms with Gasteiger partial charge in [-0.1, -0.05) is 29.8 Å². The van der Waals surface area contributed by atoms with Gasteiger partial charge in [0.2, 0.25) is 0 Å². The minimum absolute atomic E-state index is 0.0460. The standard InChI is InChI=1S/C16H23NO2/c1-12-5-7-13(8-6-12)9-17-10-14(11-17)15(18)19-16(2,3)4/h5-8,14H,9-11H2,1-4H3. The summed E-state index contributed by atoms with van der Waals surface area (Å²) in [6, 6.07) is 8.55. The van der Waals surface area contributed by atoms with Crippen molar-refractivity contribution in [2.24, 2.45) is 5.92 Å². The van der Waals surface area contributed by atoms with E-state index in [1.54, 1.807) is 0 Å². The Balaban J connectivity index is 1.77. The van der Waals surface area contributed by atoms with Gasteiger partial charge in [-0.3, -0.25) is 9.69 Å². The summed E-state index contributed by atoms with van der Waals surface area (Å²) in [4.78, 5) is 14.1. The van der Waals surface area contributed by atoms with Crippen molar-refractivity contribution in [1.82, 2.24) is 4.90 Å². The minimum atomic E-state index is -0.380. The van der Waals surface area contributed by atoms with Gasteiger partial charge in [-0.05, 0) is 33.3 Å². The topological polar surface area (TPSA) is 29.5 Å². The molecule has 0 unspecified atom stereocenters. The Hall–Kier alpha value is -1.35. The first-order valence-electron chi connectivity index (χ1n) is 6.84. The Labute approximate surface area is 115 Å². The number of carbonyl (C=O) groups excluding carboxylic acids is 1. The zero-order chi connectivity index (χ0) is 14.0. The van der Waals surface area contributed by atoms with E-state index in [0.29, 0.717) is 0 Å². The lowest BCUT2D eigenvalue weighted by molar-refractivity contribution is -0.166. The van der Waals surface area contributed by atoms with Gasteiger partial charge in [0.15, 0.2) is 0 Å². The summed E-state index contributed by atoms with van der Waals surface area (Å²) in [7, 11) is 0. The van der Waals surface area contributed by atoms with E-state index in [1.165, 1.54) is 11.1 Å². The molecule has 2 rings (SSSR count). The van der Waals surface area contributed by atoms with Crippen LogP contribution in [0.2, 0.25) is 0 Å². The van der Waals surface area contributed by atoms with Crippen LogP contribution < -0.4 is 0 Å². The molecule has 1 aliphatic rings. The average molecular weight is 261 g/mol. The predicted octanol–water partition coefficient (Wildman–Crippen LogP) is 2.77. The van der Waals surface area contributed by atoms with Crippen LogP contribution in [-0.2, 0) is 16.1 Å². The van der Waals surface area contributed by atoms with Crippen molar-refractivity contribution >= 4 is 5.97 Å². The van der Waals surface area contributed by atoms with Crippen molar-refractivity contribution in [2.45, 2.75) is 39.8 Å². The Bertz CT molecular complexity index is 439. The monoisotopic (exact) mass is 261 g/mol. The fraction of sp³-hybridized carbons (Fsp3) is 0.562. The van der Waals surface area contributed by atoms with Crippen molar-refractivity contribution in [2.75, 3.05) is 13.1 Å². The lowest BCUT2D eigenvalue weighted by Crippen LogP contribution is -2.51. The zero-order valence-corrected chi connectivity index (χ0v) is 12.3. The smallest absolute Gasteiger partial charge is 0.312 e. The highest BCUT2D eigenvalue weighted by molar-refractivity contribution is 5.74. The van der Waals surface area contributed by atoms with Gasteiger partial charge in [-0.25, -0.2) is 0 Å². The Morgan fingerprint density at radius 3 is 2.37 bits per heavy atom. The van der Waals surface area contributed by atoms with Crippen LogP contribution in [0.4, 0.5) is 0 Å². The highest BCUT2D eigenvalue weighted by Gasteiger charge is 2.35. The van der Waals surface area contributed by atoms with Gasteiger partial charge in [-0.2, -0.15) is 0 Å². The number of nitrogens with zero attached hydrogens (tertiary/aromatic N) is 1. The fourth-order valence-electron chi connectivity index (χ4n) is 2.18. The molecule has 1 aromatic rings. The maximum absolute atomic E-state index is 11.8. The molecule has 1 aromatic carbocycles. The van der Waals surface area contributed by atoms with E-state index in [4.69, 9.17) is 4.74 Å². The largest absolute Gasteiger partial charge is 0.460 e. The molecule has 0 saturated carbocycles. The molecule has 0 aliphatic carbocycles. The molecule has 19 heavy (non-hydrogen) atoms. The molecule has 0 atom stereocenters. The maximum Gasteiger partial charge on any atom is 0.312 e. The van der Waals surface area contributed by atoms with E-state index in [9.17, 15) is 4.79 Å². The van der Waals surface area contributed by atoms with E-state index >= 15 is 0 Å². The molecule has 1 heterocycles. The van der Waals surface area contributed by atoms with E-state index in [2.05, 4.69) is 36.1 Å². The molecule has 0 bridgehead atoms. The molecule has 0 aromatic heterocycles. The van der Waals surface area contributed by atoms with Crippen LogP contribution in [0.25, 0.3) is 0 Å². The second kappa shape index (κ2) is 5.33. The number of benzene rings is 1. The Morgan fingerprint density at radius 1 is 1.26 bits per heavy atom. The second-order valence-electron chi connectivity index (χ2n) is 6.41. The Kier molecular flexibility index (Phi) is 3.95. The van der Waals surface area contributed by atoms with Crippen LogP contribution in [0.5, 0.6) is 0 Å². The SMILES string of the molecule is Cc1ccc(CN2CC(C(=O)OC(C)(C)C)C2)cc1. The van der Waals surface area contributed by atoms with Crippen LogP contribution in [0.15, 0.2) is 24.3 Å². The first-order valence-corrected chi connectivity index (χ1v) is 6.84. The first-order chi connectivity index (χ1) is 8.83. The van der Waals surface area contributed by atoms with Gasteiger partial charge >= 0.3 is 5.97 Å².